The van der Waals surface area contributed by atoms with Crippen molar-refractivity contribution in [2.75, 3.05) is 32.8 Å². The number of nitrogens with zero attached hydrogens (tertiary/aromatic N) is 3. The van der Waals surface area contributed by atoms with Crippen LogP contribution in [0.2, 0.25) is 0 Å². The minimum absolute atomic E-state index is 0.129. The summed E-state index contributed by atoms with van der Waals surface area (Å²) in [6, 6.07) is 0.142. The van der Waals surface area contributed by atoms with E-state index in [0.717, 1.165) is 56.2 Å². The fourth-order valence-corrected chi connectivity index (χ4v) is 3.29. The van der Waals surface area contributed by atoms with Crippen molar-refractivity contribution in [2.45, 2.75) is 32.7 Å². The van der Waals surface area contributed by atoms with E-state index < -0.39 is 0 Å². The number of likely N-dealkylation sites (N-methyl/N-ethyl adjacent to an activating group) is 1. The van der Waals surface area contributed by atoms with E-state index in [1.807, 2.05) is 18.0 Å². The number of ether oxygens (including phenoxy) is 1. The van der Waals surface area contributed by atoms with Crippen LogP contribution in [-0.4, -0.2) is 58.5 Å². The van der Waals surface area contributed by atoms with Gasteiger partial charge in [-0.3, -0.25) is 9.69 Å². The van der Waals surface area contributed by atoms with Gasteiger partial charge >= 0.3 is 0 Å². The number of allylic oxidation sites excluding steroid dienone is 1. The largest absolute Gasteiger partial charge is 0.498 e. The van der Waals surface area contributed by atoms with E-state index in [9.17, 15) is 4.79 Å². The van der Waals surface area contributed by atoms with Gasteiger partial charge in [0.2, 0.25) is 0 Å². The number of carbonyl (C=O) groups excluding carboxylic acids is 1. The van der Waals surface area contributed by atoms with Crippen molar-refractivity contribution in [1.29, 1.82) is 0 Å². The third-order valence-corrected chi connectivity index (χ3v) is 4.59. The Morgan fingerprint density at radius 1 is 1.50 bits per heavy atom. The minimum Gasteiger partial charge on any atom is -0.498 e. The molecule has 6 nitrogen and oxygen atoms in total. The van der Waals surface area contributed by atoms with Crippen LogP contribution >= 0.6 is 0 Å². The molecule has 1 amide bonds. The molecule has 1 N–H and O–H groups in total. The summed E-state index contributed by atoms with van der Waals surface area (Å²) in [6.45, 7) is 8.05. The van der Waals surface area contributed by atoms with Crippen molar-refractivity contribution in [3.8, 4) is 0 Å². The lowest BCUT2D eigenvalue weighted by molar-refractivity contribution is -0.131. The highest BCUT2D eigenvalue weighted by molar-refractivity contribution is 5.94. The van der Waals surface area contributed by atoms with Crippen molar-refractivity contribution in [2.24, 2.45) is 0 Å². The van der Waals surface area contributed by atoms with Crippen molar-refractivity contribution in [3.05, 3.63) is 29.6 Å². The number of imidazole rings is 1. The molecule has 2 aliphatic rings. The lowest BCUT2D eigenvalue weighted by Crippen LogP contribution is -2.51. The van der Waals surface area contributed by atoms with Crippen LogP contribution in [0.1, 0.15) is 38.6 Å². The molecule has 1 atom stereocenters. The monoisotopic (exact) mass is 304 g/mol. The second kappa shape index (κ2) is 6.52. The number of aromatic amines is 1. The molecule has 0 spiro atoms. The van der Waals surface area contributed by atoms with Gasteiger partial charge in [0.25, 0.3) is 5.91 Å². The zero-order valence-electron chi connectivity index (χ0n) is 13.3. The van der Waals surface area contributed by atoms with Crippen LogP contribution in [0.4, 0.5) is 0 Å². The first kappa shape index (κ1) is 15.1. The molecule has 2 aliphatic heterocycles. The Labute approximate surface area is 131 Å². The van der Waals surface area contributed by atoms with E-state index >= 15 is 0 Å². The van der Waals surface area contributed by atoms with E-state index in [1.54, 1.807) is 6.20 Å². The van der Waals surface area contributed by atoms with Gasteiger partial charge < -0.3 is 14.6 Å². The number of piperazine rings is 1. The summed E-state index contributed by atoms with van der Waals surface area (Å²) in [4.78, 5) is 24.7. The normalized spacial score (nSPS) is 23.5. The smallest absolute Gasteiger partial charge is 0.253 e. The second-order valence-corrected chi connectivity index (χ2v) is 5.86. The number of aromatic nitrogens is 2. The second-order valence-electron chi connectivity index (χ2n) is 5.86. The Bertz CT molecular complexity index is 553. The fraction of sp³-hybridized carbons (Fsp3) is 0.625. The van der Waals surface area contributed by atoms with Gasteiger partial charge in [-0.1, -0.05) is 6.92 Å². The highest BCUT2D eigenvalue weighted by atomic mass is 16.5. The van der Waals surface area contributed by atoms with Gasteiger partial charge in [0, 0.05) is 32.0 Å². The van der Waals surface area contributed by atoms with Crippen LogP contribution in [0.3, 0.4) is 0 Å². The summed E-state index contributed by atoms with van der Waals surface area (Å²) >= 11 is 0. The van der Waals surface area contributed by atoms with Gasteiger partial charge in [0.1, 0.15) is 11.6 Å². The third-order valence-electron chi connectivity index (χ3n) is 4.59. The van der Waals surface area contributed by atoms with E-state index in [-0.39, 0.29) is 11.9 Å². The highest BCUT2D eigenvalue weighted by Gasteiger charge is 2.33. The highest BCUT2D eigenvalue weighted by Crippen LogP contribution is 2.26. The molecule has 6 heteroatoms. The van der Waals surface area contributed by atoms with Crippen LogP contribution in [0.25, 0.3) is 0 Å². The van der Waals surface area contributed by atoms with Gasteiger partial charge in [0.15, 0.2) is 0 Å². The molecule has 1 saturated heterocycles. The molecule has 22 heavy (non-hydrogen) atoms. The van der Waals surface area contributed by atoms with E-state index in [2.05, 4.69) is 21.8 Å². The number of amides is 1. The van der Waals surface area contributed by atoms with Gasteiger partial charge in [-0.25, -0.2) is 4.98 Å². The SMILES string of the molecule is CCN1CCN(C(=O)C2=C(C)OCCC2)C[C@@H]1c1ncc[nH]1. The molecule has 3 heterocycles. The van der Waals surface area contributed by atoms with Crippen LogP contribution < -0.4 is 0 Å². The van der Waals surface area contributed by atoms with Crippen molar-refractivity contribution >= 4 is 5.91 Å². The zero-order valence-corrected chi connectivity index (χ0v) is 13.3. The van der Waals surface area contributed by atoms with E-state index in [0.29, 0.717) is 6.54 Å². The van der Waals surface area contributed by atoms with Crippen LogP contribution in [0.5, 0.6) is 0 Å². The lowest BCUT2D eigenvalue weighted by atomic mass is 10.0. The lowest BCUT2D eigenvalue weighted by Gasteiger charge is -2.40. The van der Waals surface area contributed by atoms with Gasteiger partial charge in [-0.15, -0.1) is 0 Å². The van der Waals surface area contributed by atoms with E-state index in [1.165, 1.54) is 0 Å². The molecule has 120 valence electrons. The fourth-order valence-electron chi connectivity index (χ4n) is 3.29. The van der Waals surface area contributed by atoms with Crippen molar-refractivity contribution in [3.63, 3.8) is 0 Å². The number of H-pyrrole nitrogens is 1. The Balaban J connectivity index is 1.77. The maximum atomic E-state index is 12.8. The first-order valence-corrected chi connectivity index (χ1v) is 8.06. The summed E-state index contributed by atoms with van der Waals surface area (Å²) in [5.41, 5.74) is 0.842. The number of rotatable bonds is 3. The van der Waals surface area contributed by atoms with Gasteiger partial charge in [-0.05, 0) is 26.3 Å². The molecular formula is C16H24N4O2. The maximum Gasteiger partial charge on any atom is 0.253 e. The van der Waals surface area contributed by atoms with Crippen molar-refractivity contribution < 1.29 is 9.53 Å². The molecule has 0 radical (unpaired) electrons. The molecular weight excluding hydrogens is 280 g/mol. The quantitative estimate of drug-likeness (QED) is 0.923. The molecule has 0 bridgehead atoms. The third kappa shape index (κ3) is 2.88. The van der Waals surface area contributed by atoms with E-state index in [4.69, 9.17) is 4.74 Å². The Hall–Kier alpha value is -1.82. The Kier molecular flexibility index (Phi) is 4.47. The molecule has 0 aromatic carbocycles. The van der Waals surface area contributed by atoms with Crippen LogP contribution in [-0.2, 0) is 9.53 Å². The zero-order chi connectivity index (χ0) is 15.5. The number of hydrogen-bond acceptors (Lipinski definition) is 4. The van der Waals surface area contributed by atoms with Crippen molar-refractivity contribution in [1.82, 2.24) is 19.8 Å². The van der Waals surface area contributed by atoms with Gasteiger partial charge in [-0.2, -0.15) is 0 Å². The Morgan fingerprint density at radius 2 is 2.36 bits per heavy atom. The molecule has 3 rings (SSSR count). The summed E-state index contributed by atoms with van der Waals surface area (Å²) in [5, 5.41) is 0. The minimum atomic E-state index is 0.129. The molecule has 1 fully saturated rings. The first-order chi connectivity index (χ1) is 10.7. The average Bonchev–Trinajstić information content (AvgIpc) is 3.08. The summed E-state index contributed by atoms with van der Waals surface area (Å²) in [6.07, 6.45) is 5.36. The standard InChI is InChI=1S/C16H24N4O2/c1-3-19-8-9-20(11-14(19)15-17-6-7-18-15)16(21)13-5-4-10-22-12(13)2/h6-7,14H,3-5,8-11H2,1-2H3,(H,17,18)/t14-/m1/s1. The molecule has 1 aromatic rings. The number of carbonyl (C=O) groups is 1. The summed E-state index contributed by atoms with van der Waals surface area (Å²) in [5.74, 6) is 1.86. The summed E-state index contributed by atoms with van der Waals surface area (Å²) in [7, 11) is 0. The average molecular weight is 304 g/mol. The first-order valence-electron chi connectivity index (χ1n) is 8.06. The number of hydrogen-bond donors (Lipinski definition) is 1. The van der Waals surface area contributed by atoms with Gasteiger partial charge in [0.05, 0.1) is 18.2 Å². The molecule has 1 aromatic heterocycles. The van der Waals surface area contributed by atoms with Crippen LogP contribution in [0, 0.1) is 0 Å². The topological polar surface area (TPSA) is 61.5 Å². The predicted molar refractivity (Wildman–Crippen MR) is 83.0 cm³/mol. The molecule has 0 aliphatic carbocycles. The maximum absolute atomic E-state index is 12.8. The number of nitrogens with one attached hydrogen (secondary N) is 1. The Morgan fingerprint density at radius 3 is 3.05 bits per heavy atom. The predicted octanol–water partition coefficient (Wildman–Crippen LogP) is 1.70. The van der Waals surface area contributed by atoms with Crippen LogP contribution in [0.15, 0.2) is 23.7 Å². The molecule has 0 saturated carbocycles. The summed E-state index contributed by atoms with van der Waals surface area (Å²) < 4.78 is 5.55. The molecule has 0 unspecified atom stereocenters.